The van der Waals surface area contributed by atoms with Gasteiger partial charge in [0.05, 0.1) is 37.1 Å². The summed E-state index contributed by atoms with van der Waals surface area (Å²) in [6.45, 7) is 14.7. The van der Waals surface area contributed by atoms with Crippen molar-refractivity contribution in [2.24, 2.45) is 5.41 Å². The van der Waals surface area contributed by atoms with Gasteiger partial charge in [-0.25, -0.2) is 4.68 Å². The van der Waals surface area contributed by atoms with Gasteiger partial charge in [0.2, 0.25) is 0 Å². The minimum Gasteiger partial charge on any atom is -0.389 e. The predicted molar refractivity (Wildman–Crippen MR) is 85.7 cm³/mol. The van der Waals surface area contributed by atoms with Crippen molar-refractivity contribution >= 4 is 0 Å². The van der Waals surface area contributed by atoms with Gasteiger partial charge in [-0.1, -0.05) is 46.8 Å². The van der Waals surface area contributed by atoms with Gasteiger partial charge in [-0.05, 0) is 5.41 Å². The van der Waals surface area contributed by atoms with Crippen molar-refractivity contribution in [1.29, 1.82) is 0 Å². The van der Waals surface area contributed by atoms with Crippen LogP contribution in [0.3, 0.4) is 0 Å². The monoisotopic (exact) mass is 310 g/mol. The van der Waals surface area contributed by atoms with Crippen LogP contribution in [0.25, 0.3) is 0 Å². The zero-order valence-corrected chi connectivity index (χ0v) is 14.6. The summed E-state index contributed by atoms with van der Waals surface area (Å²) >= 11 is 0. The van der Waals surface area contributed by atoms with Crippen LogP contribution in [0.15, 0.2) is 6.20 Å². The second-order valence-corrected chi connectivity index (χ2v) is 8.48. The molecule has 22 heavy (non-hydrogen) atoms. The molecule has 126 valence electrons. The van der Waals surface area contributed by atoms with Crippen molar-refractivity contribution in [3.63, 3.8) is 0 Å². The van der Waals surface area contributed by atoms with Crippen LogP contribution in [0.5, 0.6) is 0 Å². The zero-order chi connectivity index (χ0) is 16.5. The van der Waals surface area contributed by atoms with Gasteiger partial charge in [0.15, 0.2) is 0 Å². The van der Waals surface area contributed by atoms with Gasteiger partial charge < -0.3 is 15.2 Å². The number of aromatic nitrogens is 3. The Morgan fingerprint density at radius 3 is 2.55 bits per heavy atom. The first-order valence-electron chi connectivity index (χ1n) is 8.00. The SMILES string of the molecule is CC(C)(C)CN[C@@H]1[C@@H](O)CO[C@@H]1Cn1cc(C(C)(C)C)nn1. The summed E-state index contributed by atoms with van der Waals surface area (Å²) < 4.78 is 7.56. The molecule has 1 aromatic heterocycles. The fourth-order valence-electron chi connectivity index (χ4n) is 2.45. The highest BCUT2D eigenvalue weighted by molar-refractivity contribution is 5.06. The van der Waals surface area contributed by atoms with E-state index in [1.54, 1.807) is 0 Å². The normalized spacial score (nSPS) is 26.6. The van der Waals surface area contributed by atoms with Gasteiger partial charge >= 0.3 is 0 Å². The number of nitrogens with zero attached hydrogens (tertiary/aromatic N) is 3. The van der Waals surface area contributed by atoms with Crippen LogP contribution >= 0.6 is 0 Å². The third kappa shape index (κ3) is 4.51. The maximum Gasteiger partial charge on any atom is 0.0952 e. The van der Waals surface area contributed by atoms with Gasteiger partial charge in [-0.2, -0.15) is 0 Å². The van der Waals surface area contributed by atoms with Crippen molar-refractivity contribution < 1.29 is 9.84 Å². The molecule has 0 saturated carbocycles. The van der Waals surface area contributed by atoms with Gasteiger partial charge in [-0.3, -0.25) is 0 Å². The van der Waals surface area contributed by atoms with Crippen molar-refractivity contribution in [3.8, 4) is 0 Å². The molecule has 0 bridgehead atoms. The smallest absolute Gasteiger partial charge is 0.0952 e. The van der Waals surface area contributed by atoms with E-state index in [1.165, 1.54) is 0 Å². The summed E-state index contributed by atoms with van der Waals surface area (Å²) in [5.74, 6) is 0. The summed E-state index contributed by atoms with van der Waals surface area (Å²) in [5.41, 5.74) is 1.11. The van der Waals surface area contributed by atoms with Crippen molar-refractivity contribution in [2.75, 3.05) is 13.2 Å². The molecule has 1 saturated heterocycles. The Kier molecular flexibility index (Phi) is 4.94. The third-order valence-corrected chi connectivity index (χ3v) is 3.84. The van der Waals surface area contributed by atoms with E-state index in [0.29, 0.717) is 13.2 Å². The van der Waals surface area contributed by atoms with Crippen molar-refractivity contribution in [2.45, 2.75) is 71.8 Å². The maximum absolute atomic E-state index is 10.1. The van der Waals surface area contributed by atoms with Crippen LogP contribution in [0.2, 0.25) is 0 Å². The van der Waals surface area contributed by atoms with Gasteiger partial charge in [0, 0.05) is 18.2 Å². The lowest BCUT2D eigenvalue weighted by Crippen LogP contribution is -2.48. The van der Waals surface area contributed by atoms with Gasteiger partial charge in [0.1, 0.15) is 0 Å². The zero-order valence-electron chi connectivity index (χ0n) is 14.6. The molecular formula is C16H30N4O2. The standard InChI is InChI=1S/C16H30N4O2/c1-15(2,3)10-17-14-11(21)9-22-12(14)7-20-8-13(18-19-20)16(4,5)6/h8,11-12,14,17,21H,7,9-10H2,1-6H3/t11-,12+,14+/m0/s1. The molecule has 0 aliphatic carbocycles. The number of hydrogen-bond acceptors (Lipinski definition) is 5. The van der Waals surface area contributed by atoms with E-state index in [4.69, 9.17) is 4.74 Å². The molecule has 0 spiro atoms. The van der Waals surface area contributed by atoms with Crippen LogP contribution < -0.4 is 5.32 Å². The summed E-state index contributed by atoms with van der Waals surface area (Å²) in [7, 11) is 0. The average molecular weight is 310 g/mol. The summed E-state index contributed by atoms with van der Waals surface area (Å²) in [6.07, 6.45) is 1.40. The summed E-state index contributed by atoms with van der Waals surface area (Å²) in [4.78, 5) is 0. The maximum atomic E-state index is 10.1. The lowest BCUT2D eigenvalue weighted by Gasteiger charge is -2.26. The molecule has 0 radical (unpaired) electrons. The minimum absolute atomic E-state index is 0.0157. The van der Waals surface area contributed by atoms with E-state index < -0.39 is 6.10 Å². The first-order valence-corrected chi connectivity index (χ1v) is 8.00. The number of hydrogen-bond donors (Lipinski definition) is 2. The van der Waals surface area contributed by atoms with Crippen molar-refractivity contribution in [1.82, 2.24) is 20.3 Å². The first-order chi connectivity index (χ1) is 10.1. The molecule has 3 atom stereocenters. The van der Waals surface area contributed by atoms with Crippen LogP contribution in [-0.2, 0) is 16.7 Å². The van der Waals surface area contributed by atoms with Crippen LogP contribution in [0.4, 0.5) is 0 Å². The van der Waals surface area contributed by atoms with E-state index >= 15 is 0 Å². The molecule has 0 aromatic carbocycles. The van der Waals surface area contributed by atoms with Crippen molar-refractivity contribution in [3.05, 3.63) is 11.9 Å². The quantitative estimate of drug-likeness (QED) is 0.878. The molecule has 6 nitrogen and oxygen atoms in total. The molecule has 1 aromatic rings. The Morgan fingerprint density at radius 1 is 1.32 bits per heavy atom. The van der Waals surface area contributed by atoms with Crippen LogP contribution in [0.1, 0.15) is 47.2 Å². The molecule has 2 rings (SSSR count). The molecule has 2 N–H and O–H groups in total. The van der Waals surface area contributed by atoms with E-state index in [2.05, 4.69) is 57.2 Å². The minimum atomic E-state index is -0.474. The Labute approximate surface area is 133 Å². The molecule has 0 amide bonds. The lowest BCUT2D eigenvalue weighted by molar-refractivity contribution is 0.0736. The van der Waals surface area contributed by atoms with Crippen LogP contribution in [-0.4, -0.2) is 51.5 Å². The topological polar surface area (TPSA) is 72.2 Å². The number of nitrogens with one attached hydrogen (secondary N) is 1. The summed E-state index contributed by atoms with van der Waals surface area (Å²) in [5, 5.41) is 22.0. The van der Waals surface area contributed by atoms with E-state index in [1.807, 2.05) is 10.9 Å². The summed E-state index contributed by atoms with van der Waals surface area (Å²) in [6, 6.07) is -0.0680. The Hall–Kier alpha value is -0.980. The second kappa shape index (κ2) is 6.26. The average Bonchev–Trinajstić information content (AvgIpc) is 2.94. The molecule has 2 heterocycles. The van der Waals surface area contributed by atoms with E-state index in [-0.39, 0.29) is 23.0 Å². The molecule has 1 aliphatic heterocycles. The highest BCUT2D eigenvalue weighted by atomic mass is 16.5. The number of aliphatic hydroxyl groups excluding tert-OH is 1. The molecule has 6 heteroatoms. The third-order valence-electron chi connectivity index (χ3n) is 3.84. The van der Waals surface area contributed by atoms with E-state index in [9.17, 15) is 5.11 Å². The molecule has 1 fully saturated rings. The second-order valence-electron chi connectivity index (χ2n) is 8.48. The Balaban J connectivity index is 2.00. The highest BCUT2D eigenvalue weighted by Gasteiger charge is 2.37. The predicted octanol–water partition coefficient (Wildman–Crippen LogP) is 1.34. The van der Waals surface area contributed by atoms with Gasteiger partial charge in [0.25, 0.3) is 0 Å². The largest absolute Gasteiger partial charge is 0.389 e. The number of rotatable bonds is 4. The number of aliphatic hydroxyl groups is 1. The van der Waals surface area contributed by atoms with E-state index in [0.717, 1.165) is 12.2 Å². The fraction of sp³-hybridized carbons (Fsp3) is 0.875. The highest BCUT2D eigenvalue weighted by Crippen LogP contribution is 2.21. The first kappa shape index (κ1) is 17.4. The Morgan fingerprint density at radius 2 is 2.00 bits per heavy atom. The fourth-order valence-corrected chi connectivity index (χ4v) is 2.45. The molecule has 1 aliphatic rings. The Bertz CT molecular complexity index is 487. The van der Waals surface area contributed by atoms with Gasteiger partial charge in [-0.15, -0.1) is 5.10 Å². The number of ether oxygens (including phenoxy) is 1. The van der Waals surface area contributed by atoms with Crippen LogP contribution in [0, 0.1) is 5.41 Å². The lowest BCUT2D eigenvalue weighted by atomic mass is 9.93. The molecular weight excluding hydrogens is 280 g/mol. The molecule has 0 unspecified atom stereocenters.